The zero-order chi connectivity index (χ0) is 16.9. The van der Waals surface area contributed by atoms with E-state index in [1.54, 1.807) is 0 Å². The molecule has 132 valence electrons. The summed E-state index contributed by atoms with van der Waals surface area (Å²) in [4.78, 5) is 20.0. The van der Waals surface area contributed by atoms with Gasteiger partial charge in [-0.05, 0) is 51.8 Å². The fraction of sp³-hybridized carbons (Fsp3) is 0.650. The average molecular weight is 329 g/mol. The first-order valence-corrected chi connectivity index (χ1v) is 9.42. The zero-order valence-corrected chi connectivity index (χ0v) is 15.2. The summed E-state index contributed by atoms with van der Waals surface area (Å²) < 4.78 is 0. The molecule has 2 heterocycles. The Balaban J connectivity index is 1.58. The summed E-state index contributed by atoms with van der Waals surface area (Å²) in [6.45, 7) is 8.75. The van der Waals surface area contributed by atoms with E-state index in [4.69, 9.17) is 0 Å². The molecule has 3 rings (SSSR count). The average Bonchev–Trinajstić information content (AvgIpc) is 2.61. The van der Waals surface area contributed by atoms with Crippen molar-refractivity contribution in [2.24, 2.45) is 0 Å². The van der Waals surface area contributed by atoms with Gasteiger partial charge in [0.2, 0.25) is 0 Å². The highest BCUT2D eigenvalue weighted by atomic mass is 16.2. The van der Waals surface area contributed by atoms with Gasteiger partial charge in [-0.1, -0.05) is 17.7 Å². The van der Waals surface area contributed by atoms with Crippen LogP contribution in [0, 0.1) is 6.92 Å². The number of likely N-dealkylation sites (tertiary alicyclic amines) is 1. The van der Waals surface area contributed by atoms with Gasteiger partial charge in [0, 0.05) is 50.9 Å². The molecule has 0 saturated carbocycles. The van der Waals surface area contributed by atoms with Crippen LogP contribution in [0.15, 0.2) is 24.3 Å². The Morgan fingerprint density at radius 3 is 2.46 bits per heavy atom. The second kappa shape index (κ2) is 8.13. The molecule has 4 nitrogen and oxygen atoms in total. The predicted octanol–water partition coefficient (Wildman–Crippen LogP) is 2.63. The van der Waals surface area contributed by atoms with Crippen LogP contribution in [0.5, 0.6) is 0 Å². The fourth-order valence-electron chi connectivity index (χ4n) is 3.83. The third-order valence-corrected chi connectivity index (χ3v) is 5.56. The molecule has 2 aliphatic rings. The van der Waals surface area contributed by atoms with Crippen LogP contribution < -0.4 is 0 Å². The van der Waals surface area contributed by atoms with E-state index in [0.29, 0.717) is 6.04 Å². The molecular formula is C20H31N3O. The Labute approximate surface area is 146 Å². The van der Waals surface area contributed by atoms with Crippen LogP contribution >= 0.6 is 0 Å². The van der Waals surface area contributed by atoms with Crippen LogP contribution in [0.2, 0.25) is 0 Å². The van der Waals surface area contributed by atoms with Gasteiger partial charge < -0.3 is 14.7 Å². The van der Waals surface area contributed by atoms with E-state index in [9.17, 15) is 4.79 Å². The number of piperazine rings is 1. The summed E-state index contributed by atoms with van der Waals surface area (Å²) in [7, 11) is 2.19. The molecule has 1 unspecified atom stereocenters. The van der Waals surface area contributed by atoms with Crippen LogP contribution in [0.4, 0.5) is 0 Å². The van der Waals surface area contributed by atoms with E-state index in [1.807, 2.05) is 24.3 Å². The summed E-state index contributed by atoms with van der Waals surface area (Å²) in [5.41, 5.74) is 2.05. The second-order valence-corrected chi connectivity index (χ2v) is 7.45. The highest BCUT2D eigenvalue weighted by molar-refractivity contribution is 5.94. The maximum Gasteiger partial charge on any atom is 0.254 e. The van der Waals surface area contributed by atoms with Crippen molar-refractivity contribution in [2.45, 2.75) is 38.6 Å². The molecule has 4 heteroatoms. The Morgan fingerprint density at radius 1 is 1.04 bits per heavy atom. The maximum absolute atomic E-state index is 12.9. The maximum atomic E-state index is 12.9. The highest BCUT2D eigenvalue weighted by Gasteiger charge is 2.28. The molecule has 2 fully saturated rings. The van der Waals surface area contributed by atoms with Crippen molar-refractivity contribution in [2.75, 3.05) is 46.3 Å². The van der Waals surface area contributed by atoms with Crippen molar-refractivity contribution in [1.29, 1.82) is 0 Å². The van der Waals surface area contributed by atoms with E-state index < -0.39 is 0 Å². The molecule has 2 aliphatic heterocycles. The minimum absolute atomic E-state index is 0.220. The van der Waals surface area contributed by atoms with Gasteiger partial charge in [0.1, 0.15) is 0 Å². The van der Waals surface area contributed by atoms with Gasteiger partial charge in [-0.25, -0.2) is 0 Å². The van der Waals surface area contributed by atoms with Crippen LogP contribution in [0.25, 0.3) is 0 Å². The normalized spacial score (nSPS) is 23.4. The van der Waals surface area contributed by atoms with Crippen molar-refractivity contribution in [3.05, 3.63) is 35.4 Å². The second-order valence-electron chi connectivity index (χ2n) is 7.45. The quantitative estimate of drug-likeness (QED) is 0.850. The zero-order valence-electron chi connectivity index (χ0n) is 15.2. The summed E-state index contributed by atoms with van der Waals surface area (Å²) >= 11 is 0. The third-order valence-electron chi connectivity index (χ3n) is 5.56. The van der Waals surface area contributed by atoms with E-state index in [-0.39, 0.29) is 5.91 Å². The Morgan fingerprint density at radius 2 is 1.75 bits per heavy atom. The van der Waals surface area contributed by atoms with Gasteiger partial charge in [0.25, 0.3) is 5.91 Å². The molecule has 1 aromatic rings. The summed E-state index contributed by atoms with van der Waals surface area (Å²) in [6, 6.07) is 8.44. The monoisotopic (exact) mass is 329 g/mol. The lowest BCUT2D eigenvalue weighted by molar-refractivity contribution is 0.0570. The van der Waals surface area contributed by atoms with E-state index >= 15 is 0 Å². The molecule has 1 aromatic carbocycles. The third kappa shape index (κ3) is 4.37. The molecular weight excluding hydrogens is 298 g/mol. The van der Waals surface area contributed by atoms with Crippen molar-refractivity contribution in [3.63, 3.8) is 0 Å². The largest absolute Gasteiger partial charge is 0.336 e. The molecule has 1 atom stereocenters. The Hall–Kier alpha value is -1.39. The molecule has 0 spiro atoms. The van der Waals surface area contributed by atoms with Crippen molar-refractivity contribution >= 4 is 5.91 Å². The molecule has 0 bridgehead atoms. The first-order chi connectivity index (χ1) is 11.6. The Kier molecular flexibility index (Phi) is 5.90. The molecule has 0 N–H and O–H groups in total. The van der Waals surface area contributed by atoms with Crippen LogP contribution in [-0.2, 0) is 0 Å². The predicted molar refractivity (Wildman–Crippen MR) is 98.4 cm³/mol. The molecule has 2 saturated heterocycles. The number of aryl methyl sites for hydroxylation is 1. The molecule has 24 heavy (non-hydrogen) atoms. The van der Waals surface area contributed by atoms with E-state index in [2.05, 4.69) is 28.7 Å². The minimum Gasteiger partial charge on any atom is -0.336 e. The van der Waals surface area contributed by atoms with Crippen molar-refractivity contribution < 1.29 is 4.79 Å². The van der Waals surface area contributed by atoms with Crippen LogP contribution in [0.1, 0.15) is 41.6 Å². The van der Waals surface area contributed by atoms with Crippen LogP contribution in [-0.4, -0.2) is 73.0 Å². The first kappa shape index (κ1) is 17.4. The van der Waals surface area contributed by atoms with Gasteiger partial charge >= 0.3 is 0 Å². The van der Waals surface area contributed by atoms with Crippen molar-refractivity contribution in [3.8, 4) is 0 Å². The summed E-state index contributed by atoms with van der Waals surface area (Å²) in [5, 5.41) is 0. The van der Waals surface area contributed by atoms with E-state index in [1.165, 1.54) is 12.0 Å². The smallest absolute Gasteiger partial charge is 0.254 e. The minimum atomic E-state index is 0.220. The number of amides is 1. The standard InChI is InChI=1S/C20H31N3O/c1-17-6-8-18(9-7-17)20(24)23-11-4-3-5-19(23)10-12-22-15-13-21(2)14-16-22/h6-9,19H,3-5,10-16H2,1-2H3. The van der Waals surface area contributed by atoms with Crippen molar-refractivity contribution in [1.82, 2.24) is 14.7 Å². The summed E-state index contributed by atoms with van der Waals surface area (Å²) in [5.74, 6) is 0.220. The highest BCUT2D eigenvalue weighted by Crippen LogP contribution is 2.22. The number of likely N-dealkylation sites (N-methyl/N-ethyl adjacent to an activating group) is 1. The molecule has 1 amide bonds. The number of hydrogen-bond donors (Lipinski definition) is 0. The topological polar surface area (TPSA) is 26.8 Å². The number of hydrogen-bond acceptors (Lipinski definition) is 3. The number of benzene rings is 1. The number of carbonyl (C=O) groups is 1. The van der Waals surface area contributed by atoms with Crippen LogP contribution in [0.3, 0.4) is 0 Å². The number of nitrogens with zero attached hydrogens (tertiary/aromatic N) is 3. The molecule has 0 radical (unpaired) electrons. The number of rotatable bonds is 4. The van der Waals surface area contributed by atoms with Gasteiger partial charge in [-0.2, -0.15) is 0 Å². The van der Waals surface area contributed by atoms with Gasteiger partial charge in [-0.15, -0.1) is 0 Å². The number of piperidine rings is 1. The summed E-state index contributed by atoms with van der Waals surface area (Å²) in [6.07, 6.45) is 4.67. The Bertz CT molecular complexity index is 534. The lowest BCUT2D eigenvalue weighted by Gasteiger charge is -2.38. The fourth-order valence-corrected chi connectivity index (χ4v) is 3.83. The molecule has 0 aliphatic carbocycles. The first-order valence-electron chi connectivity index (χ1n) is 9.42. The lowest BCUT2D eigenvalue weighted by atomic mass is 9.97. The van der Waals surface area contributed by atoms with Gasteiger partial charge in [0.15, 0.2) is 0 Å². The van der Waals surface area contributed by atoms with E-state index in [0.717, 1.165) is 64.1 Å². The lowest BCUT2D eigenvalue weighted by Crippen LogP contribution is -2.48. The molecule has 0 aromatic heterocycles. The number of carbonyl (C=O) groups excluding carboxylic acids is 1. The SMILES string of the molecule is Cc1ccc(C(=O)N2CCCCC2CCN2CCN(C)CC2)cc1. The van der Waals surface area contributed by atoms with Gasteiger partial charge in [-0.3, -0.25) is 4.79 Å². The van der Waals surface area contributed by atoms with Gasteiger partial charge in [0.05, 0.1) is 0 Å².